The number of hydrogen-bond acceptors (Lipinski definition) is 4. The quantitative estimate of drug-likeness (QED) is 0.764. The lowest BCUT2D eigenvalue weighted by Crippen LogP contribution is -2.36. The predicted octanol–water partition coefficient (Wildman–Crippen LogP) is -0.289. The van der Waals surface area contributed by atoms with Crippen LogP contribution in [0.2, 0.25) is 0 Å². The van der Waals surface area contributed by atoms with E-state index in [0.29, 0.717) is 25.8 Å². The van der Waals surface area contributed by atoms with Crippen LogP contribution < -0.4 is 5.32 Å². The van der Waals surface area contributed by atoms with E-state index in [4.69, 9.17) is 9.84 Å². The molecule has 0 radical (unpaired) electrons. The first-order valence-electron chi connectivity index (χ1n) is 6.21. The van der Waals surface area contributed by atoms with E-state index in [1.54, 1.807) is 4.68 Å². The zero-order valence-corrected chi connectivity index (χ0v) is 10.7. The molecule has 7 heteroatoms. The molecule has 2 atom stereocenters. The van der Waals surface area contributed by atoms with Gasteiger partial charge in [0.2, 0.25) is 5.91 Å². The third-order valence-corrected chi connectivity index (χ3v) is 3.04. The second kappa shape index (κ2) is 5.83. The number of hydrogen-bond donors (Lipinski definition) is 2. The minimum Gasteiger partial charge on any atom is -0.479 e. The van der Waals surface area contributed by atoms with Crippen LogP contribution in [0.4, 0.5) is 0 Å². The number of carbonyl (C=O) groups excluding carboxylic acids is 1. The maximum atomic E-state index is 11.8. The van der Waals surface area contributed by atoms with E-state index >= 15 is 0 Å². The van der Waals surface area contributed by atoms with Crippen LogP contribution in [0.15, 0.2) is 12.3 Å². The number of aliphatic carboxylic acids is 1. The number of nitrogens with zero attached hydrogens (tertiary/aromatic N) is 2. The molecule has 1 fully saturated rings. The molecule has 1 saturated heterocycles. The number of carbonyl (C=O) groups is 2. The molecule has 0 aromatic carbocycles. The average molecular weight is 267 g/mol. The minimum absolute atomic E-state index is 0.250. The smallest absolute Gasteiger partial charge is 0.332 e. The van der Waals surface area contributed by atoms with Crippen LogP contribution in [0.5, 0.6) is 0 Å². The van der Waals surface area contributed by atoms with Crippen molar-refractivity contribution < 1.29 is 19.4 Å². The number of ether oxygens (including phenoxy) is 1. The zero-order chi connectivity index (χ0) is 13.8. The van der Waals surface area contributed by atoms with Gasteiger partial charge in [-0.15, -0.1) is 0 Å². The highest BCUT2D eigenvalue weighted by molar-refractivity contribution is 5.82. The number of aromatic nitrogens is 2. The molecule has 104 valence electrons. The summed E-state index contributed by atoms with van der Waals surface area (Å²) >= 11 is 0. The lowest BCUT2D eigenvalue weighted by Gasteiger charge is -2.11. The summed E-state index contributed by atoms with van der Waals surface area (Å²) in [4.78, 5) is 22.5. The molecule has 0 spiro atoms. The van der Waals surface area contributed by atoms with Crippen molar-refractivity contribution in [3.63, 3.8) is 0 Å². The molecular weight excluding hydrogens is 250 g/mol. The van der Waals surface area contributed by atoms with Gasteiger partial charge in [-0.1, -0.05) is 0 Å². The summed E-state index contributed by atoms with van der Waals surface area (Å²) in [6.45, 7) is 0.466. The SMILES string of the molecule is Cn1ccc(CCNC(=O)[C@@H]2CC[C@H](C(=O)O)O2)n1. The Morgan fingerprint density at radius 2 is 2.26 bits per heavy atom. The van der Waals surface area contributed by atoms with Gasteiger partial charge >= 0.3 is 5.97 Å². The number of carboxylic acids is 1. The third kappa shape index (κ3) is 3.54. The fraction of sp³-hybridized carbons (Fsp3) is 0.583. The summed E-state index contributed by atoms with van der Waals surface area (Å²) in [6.07, 6.45) is 1.81. The number of rotatable bonds is 5. The fourth-order valence-electron chi connectivity index (χ4n) is 2.04. The van der Waals surface area contributed by atoms with Crippen molar-refractivity contribution in [2.45, 2.75) is 31.5 Å². The predicted molar refractivity (Wildman–Crippen MR) is 65.5 cm³/mol. The maximum absolute atomic E-state index is 11.8. The van der Waals surface area contributed by atoms with Crippen LogP contribution in [0.25, 0.3) is 0 Å². The van der Waals surface area contributed by atoms with Crippen LogP contribution in [0.1, 0.15) is 18.5 Å². The summed E-state index contributed by atoms with van der Waals surface area (Å²) in [6, 6.07) is 1.89. The monoisotopic (exact) mass is 267 g/mol. The van der Waals surface area contributed by atoms with Gasteiger partial charge in [0.05, 0.1) is 5.69 Å². The number of nitrogens with one attached hydrogen (secondary N) is 1. The first-order valence-corrected chi connectivity index (χ1v) is 6.21. The molecule has 0 unspecified atom stereocenters. The van der Waals surface area contributed by atoms with Gasteiger partial charge in [-0.25, -0.2) is 4.79 Å². The molecule has 1 aromatic heterocycles. The van der Waals surface area contributed by atoms with Gasteiger partial charge in [0.1, 0.15) is 6.10 Å². The number of aryl methyl sites for hydroxylation is 1. The lowest BCUT2D eigenvalue weighted by molar-refractivity contribution is -0.151. The van der Waals surface area contributed by atoms with Crippen molar-refractivity contribution >= 4 is 11.9 Å². The highest BCUT2D eigenvalue weighted by atomic mass is 16.5. The molecule has 1 aliphatic heterocycles. The van der Waals surface area contributed by atoms with Crippen LogP contribution in [-0.2, 0) is 27.8 Å². The lowest BCUT2D eigenvalue weighted by atomic mass is 10.2. The van der Waals surface area contributed by atoms with Crippen LogP contribution in [0, 0.1) is 0 Å². The Morgan fingerprint density at radius 1 is 1.53 bits per heavy atom. The summed E-state index contributed by atoms with van der Waals surface area (Å²) in [5.41, 5.74) is 0.901. The van der Waals surface area contributed by atoms with E-state index in [-0.39, 0.29) is 5.91 Å². The average Bonchev–Trinajstić information content (AvgIpc) is 2.98. The molecule has 0 bridgehead atoms. The molecule has 0 saturated carbocycles. The summed E-state index contributed by atoms with van der Waals surface area (Å²) in [7, 11) is 1.83. The van der Waals surface area contributed by atoms with Crippen molar-refractivity contribution in [1.29, 1.82) is 0 Å². The molecule has 1 amide bonds. The number of amides is 1. The van der Waals surface area contributed by atoms with Gasteiger partial charge in [-0.3, -0.25) is 9.48 Å². The van der Waals surface area contributed by atoms with Gasteiger partial charge in [0.25, 0.3) is 0 Å². The Kier molecular flexibility index (Phi) is 4.16. The summed E-state index contributed by atoms with van der Waals surface area (Å²) in [5, 5.41) is 15.7. The van der Waals surface area contributed by atoms with Gasteiger partial charge < -0.3 is 15.2 Å². The van der Waals surface area contributed by atoms with E-state index in [1.165, 1.54) is 0 Å². The molecule has 19 heavy (non-hydrogen) atoms. The first kappa shape index (κ1) is 13.5. The van der Waals surface area contributed by atoms with Gasteiger partial charge in [-0.2, -0.15) is 5.10 Å². The van der Waals surface area contributed by atoms with Crippen molar-refractivity contribution in [3.05, 3.63) is 18.0 Å². The van der Waals surface area contributed by atoms with Crippen LogP contribution in [0.3, 0.4) is 0 Å². The Hall–Kier alpha value is -1.89. The van der Waals surface area contributed by atoms with Gasteiger partial charge in [0, 0.05) is 26.2 Å². The first-order chi connectivity index (χ1) is 9.06. The minimum atomic E-state index is -1.01. The Labute approximate surface area is 110 Å². The zero-order valence-electron chi connectivity index (χ0n) is 10.7. The van der Waals surface area contributed by atoms with Gasteiger partial charge in [0.15, 0.2) is 6.10 Å². The van der Waals surface area contributed by atoms with E-state index in [9.17, 15) is 9.59 Å². The third-order valence-electron chi connectivity index (χ3n) is 3.04. The maximum Gasteiger partial charge on any atom is 0.332 e. The Bertz CT molecular complexity index is 471. The van der Waals surface area contributed by atoms with Crippen LogP contribution >= 0.6 is 0 Å². The molecule has 2 N–H and O–H groups in total. The topological polar surface area (TPSA) is 93.5 Å². The molecule has 2 rings (SSSR count). The second-order valence-electron chi connectivity index (χ2n) is 4.55. The van der Waals surface area contributed by atoms with Crippen molar-refractivity contribution in [3.8, 4) is 0 Å². The molecule has 0 aliphatic carbocycles. The molecule has 2 heterocycles. The highest BCUT2D eigenvalue weighted by Gasteiger charge is 2.34. The largest absolute Gasteiger partial charge is 0.479 e. The Balaban J connectivity index is 1.72. The molecule has 7 nitrogen and oxygen atoms in total. The summed E-state index contributed by atoms with van der Waals surface area (Å²) < 4.78 is 6.86. The van der Waals surface area contributed by atoms with E-state index < -0.39 is 18.2 Å². The number of carboxylic acid groups (broad SMARTS) is 1. The standard InChI is InChI=1S/C12H17N3O4/c1-15-7-5-8(14-15)4-6-13-11(16)9-2-3-10(19-9)12(17)18/h5,7,9-10H,2-4,6H2,1H3,(H,13,16)(H,17,18)/t9-,10+/m0/s1. The van der Waals surface area contributed by atoms with Gasteiger partial charge in [-0.05, 0) is 18.9 Å². The Morgan fingerprint density at radius 3 is 2.84 bits per heavy atom. The van der Waals surface area contributed by atoms with Crippen molar-refractivity contribution in [1.82, 2.24) is 15.1 Å². The van der Waals surface area contributed by atoms with Crippen molar-refractivity contribution in [2.24, 2.45) is 7.05 Å². The normalized spacial score (nSPS) is 22.4. The second-order valence-corrected chi connectivity index (χ2v) is 4.55. The van der Waals surface area contributed by atoms with E-state index in [1.807, 2.05) is 19.3 Å². The van der Waals surface area contributed by atoms with E-state index in [2.05, 4.69) is 10.4 Å². The molecule has 1 aliphatic rings. The summed E-state index contributed by atoms with van der Waals surface area (Å²) in [5.74, 6) is -1.26. The van der Waals surface area contributed by atoms with Crippen molar-refractivity contribution in [2.75, 3.05) is 6.54 Å². The van der Waals surface area contributed by atoms with E-state index in [0.717, 1.165) is 5.69 Å². The highest BCUT2D eigenvalue weighted by Crippen LogP contribution is 2.19. The fourth-order valence-corrected chi connectivity index (χ4v) is 2.04. The molecule has 1 aromatic rings. The molecular formula is C12H17N3O4. The van der Waals surface area contributed by atoms with Crippen LogP contribution in [-0.4, -0.2) is 45.5 Å².